The standard InChI is InChI=1S/C20H28N4O/c1-5-15(4)22-20(25)17-13-18(21-12-11-14(2)3)24-19(23-17)16-9-7-6-8-10-16/h6-10,13-15H,5,11-12H2,1-4H3,(H,22,25)(H,21,23,24). The monoisotopic (exact) mass is 340 g/mol. The molecule has 1 heterocycles. The molecule has 25 heavy (non-hydrogen) atoms. The molecule has 0 spiro atoms. The van der Waals surface area contributed by atoms with Crippen LogP contribution in [0.3, 0.4) is 0 Å². The third-order valence-corrected chi connectivity index (χ3v) is 4.01. The molecule has 0 aliphatic heterocycles. The number of hydrogen-bond acceptors (Lipinski definition) is 4. The van der Waals surface area contributed by atoms with E-state index in [2.05, 4.69) is 34.4 Å². The number of aromatic nitrogens is 2. The summed E-state index contributed by atoms with van der Waals surface area (Å²) in [7, 11) is 0. The number of carbonyl (C=O) groups is 1. The highest BCUT2D eigenvalue weighted by atomic mass is 16.1. The van der Waals surface area contributed by atoms with Crippen molar-refractivity contribution in [3.05, 3.63) is 42.1 Å². The number of nitrogens with one attached hydrogen (secondary N) is 2. The van der Waals surface area contributed by atoms with Gasteiger partial charge in [-0.3, -0.25) is 4.79 Å². The molecule has 0 aliphatic carbocycles. The lowest BCUT2D eigenvalue weighted by Crippen LogP contribution is -2.32. The van der Waals surface area contributed by atoms with Crippen LogP contribution in [0.5, 0.6) is 0 Å². The Kier molecular flexibility index (Phi) is 6.92. The SMILES string of the molecule is CCC(C)NC(=O)c1cc(NCCC(C)C)nc(-c2ccccc2)n1. The highest BCUT2D eigenvalue weighted by Crippen LogP contribution is 2.18. The second kappa shape index (κ2) is 9.16. The molecule has 0 saturated carbocycles. The molecule has 1 amide bonds. The Bertz CT molecular complexity index is 685. The largest absolute Gasteiger partial charge is 0.370 e. The van der Waals surface area contributed by atoms with Crippen molar-refractivity contribution in [1.82, 2.24) is 15.3 Å². The fourth-order valence-corrected chi connectivity index (χ4v) is 2.26. The van der Waals surface area contributed by atoms with E-state index in [-0.39, 0.29) is 11.9 Å². The van der Waals surface area contributed by atoms with Gasteiger partial charge in [-0.15, -0.1) is 0 Å². The van der Waals surface area contributed by atoms with Gasteiger partial charge >= 0.3 is 0 Å². The Morgan fingerprint density at radius 1 is 1.12 bits per heavy atom. The normalized spacial score (nSPS) is 12.0. The highest BCUT2D eigenvalue weighted by molar-refractivity contribution is 5.93. The summed E-state index contributed by atoms with van der Waals surface area (Å²) < 4.78 is 0. The lowest BCUT2D eigenvalue weighted by Gasteiger charge is -2.13. The van der Waals surface area contributed by atoms with Crippen LogP contribution in [0, 0.1) is 5.92 Å². The van der Waals surface area contributed by atoms with Crippen LogP contribution in [0.1, 0.15) is 51.0 Å². The zero-order valence-electron chi connectivity index (χ0n) is 15.5. The molecule has 0 radical (unpaired) electrons. The average Bonchev–Trinajstić information content (AvgIpc) is 2.61. The Balaban J connectivity index is 2.29. The summed E-state index contributed by atoms with van der Waals surface area (Å²) in [6.07, 6.45) is 1.92. The maximum Gasteiger partial charge on any atom is 0.270 e. The lowest BCUT2D eigenvalue weighted by atomic mass is 10.1. The van der Waals surface area contributed by atoms with Crippen molar-refractivity contribution < 1.29 is 4.79 Å². The quantitative estimate of drug-likeness (QED) is 0.758. The minimum atomic E-state index is -0.166. The van der Waals surface area contributed by atoms with E-state index in [9.17, 15) is 4.79 Å². The van der Waals surface area contributed by atoms with Gasteiger partial charge in [0.15, 0.2) is 5.82 Å². The molecule has 0 aliphatic rings. The van der Waals surface area contributed by atoms with Crippen molar-refractivity contribution in [2.45, 2.75) is 46.6 Å². The predicted octanol–water partition coefficient (Wildman–Crippen LogP) is 4.13. The molecule has 2 rings (SSSR count). The van der Waals surface area contributed by atoms with Gasteiger partial charge in [-0.25, -0.2) is 9.97 Å². The van der Waals surface area contributed by atoms with Gasteiger partial charge in [-0.05, 0) is 25.7 Å². The van der Waals surface area contributed by atoms with Crippen molar-refractivity contribution in [3.63, 3.8) is 0 Å². The smallest absolute Gasteiger partial charge is 0.270 e. The Morgan fingerprint density at radius 3 is 2.48 bits per heavy atom. The fourth-order valence-electron chi connectivity index (χ4n) is 2.26. The minimum absolute atomic E-state index is 0.111. The summed E-state index contributed by atoms with van der Waals surface area (Å²) in [5, 5.41) is 6.29. The van der Waals surface area contributed by atoms with Gasteiger partial charge in [0.05, 0.1) is 0 Å². The summed E-state index contributed by atoms with van der Waals surface area (Å²) in [4.78, 5) is 21.6. The second-order valence-electron chi connectivity index (χ2n) is 6.72. The number of nitrogens with zero attached hydrogens (tertiary/aromatic N) is 2. The first-order chi connectivity index (χ1) is 12.0. The second-order valence-corrected chi connectivity index (χ2v) is 6.72. The zero-order valence-corrected chi connectivity index (χ0v) is 15.5. The first kappa shape index (κ1) is 18.9. The van der Waals surface area contributed by atoms with Crippen molar-refractivity contribution in [3.8, 4) is 11.4 Å². The minimum Gasteiger partial charge on any atom is -0.370 e. The molecule has 0 bridgehead atoms. The van der Waals surface area contributed by atoms with Crippen LogP contribution in [0.4, 0.5) is 5.82 Å². The number of benzene rings is 1. The third-order valence-electron chi connectivity index (χ3n) is 4.01. The Morgan fingerprint density at radius 2 is 1.84 bits per heavy atom. The Hall–Kier alpha value is -2.43. The molecule has 5 nitrogen and oxygen atoms in total. The van der Waals surface area contributed by atoms with Gasteiger partial charge in [-0.1, -0.05) is 51.1 Å². The van der Waals surface area contributed by atoms with Gasteiger partial charge < -0.3 is 10.6 Å². The molecule has 0 saturated heterocycles. The topological polar surface area (TPSA) is 66.9 Å². The van der Waals surface area contributed by atoms with E-state index in [4.69, 9.17) is 0 Å². The van der Waals surface area contributed by atoms with Gasteiger partial charge in [0.2, 0.25) is 0 Å². The average molecular weight is 340 g/mol. The van der Waals surface area contributed by atoms with Crippen molar-refractivity contribution in [1.29, 1.82) is 0 Å². The number of anilines is 1. The fraction of sp³-hybridized carbons (Fsp3) is 0.450. The molecule has 2 aromatic rings. The van der Waals surface area contributed by atoms with Gasteiger partial charge in [0, 0.05) is 24.2 Å². The van der Waals surface area contributed by atoms with E-state index in [1.165, 1.54) is 0 Å². The van der Waals surface area contributed by atoms with E-state index < -0.39 is 0 Å². The molecule has 1 unspecified atom stereocenters. The van der Waals surface area contributed by atoms with E-state index in [0.717, 1.165) is 24.9 Å². The molecule has 1 atom stereocenters. The molecule has 0 fully saturated rings. The molecule has 1 aromatic heterocycles. The van der Waals surface area contributed by atoms with Crippen LogP contribution in [-0.2, 0) is 0 Å². The van der Waals surface area contributed by atoms with Gasteiger partial charge in [0.1, 0.15) is 11.5 Å². The van der Waals surface area contributed by atoms with Gasteiger partial charge in [-0.2, -0.15) is 0 Å². The molecule has 134 valence electrons. The van der Waals surface area contributed by atoms with Crippen molar-refractivity contribution >= 4 is 11.7 Å². The number of carbonyl (C=O) groups excluding carboxylic acids is 1. The number of amides is 1. The summed E-state index contributed by atoms with van der Waals surface area (Å²) in [6, 6.07) is 11.6. The Labute approximate surface area is 150 Å². The van der Waals surface area contributed by atoms with Crippen LogP contribution in [0.15, 0.2) is 36.4 Å². The number of hydrogen-bond donors (Lipinski definition) is 2. The first-order valence-corrected chi connectivity index (χ1v) is 8.98. The van der Waals surface area contributed by atoms with E-state index in [1.807, 2.05) is 44.2 Å². The van der Waals surface area contributed by atoms with Crippen molar-refractivity contribution in [2.24, 2.45) is 5.92 Å². The lowest BCUT2D eigenvalue weighted by molar-refractivity contribution is 0.0934. The maximum absolute atomic E-state index is 12.5. The summed E-state index contributed by atoms with van der Waals surface area (Å²) in [5.41, 5.74) is 1.29. The summed E-state index contributed by atoms with van der Waals surface area (Å²) in [5.74, 6) is 1.69. The highest BCUT2D eigenvalue weighted by Gasteiger charge is 2.14. The van der Waals surface area contributed by atoms with Gasteiger partial charge in [0.25, 0.3) is 5.91 Å². The number of rotatable bonds is 8. The predicted molar refractivity (Wildman–Crippen MR) is 103 cm³/mol. The molecule has 5 heteroatoms. The summed E-state index contributed by atoms with van der Waals surface area (Å²) >= 11 is 0. The van der Waals surface area contributed by atoms with E-state index in [0.29, 0.717) is 23.3 Å². The molecular weight excluding hydrogens is 312 g/mol. The van der Waals surface area contributed by atoms with Crippen molar-refractivity contribution in [2.75, 3.05) is 11.9 Å². The van der Waals surface area contributed by atoms with Crippen LogP contribution >= 0.6 is 0 Å². The first-order valence-electron chi connectivity index (χ1n) is 8.98. The maximum atomic E-state index is 12.5. The van der Waals surface area contributed by atoms with Crippen LogP contribution < -0.4 is 10.6 Å². The summed E-state index contributed by atoms with van der Waals surface area (Å²) in [6.45, 7) is 9.21. The zero-order chi connectivity index (χ0) is 18.2. The molecular formula is C20H28N4O. The molecule has 1 aromatic carbocycles. The third kappa shape index (κ3) is 5.85. The molecule has 2 N–H and O–H groups in total. The van der Waals surface area contributed by atoms with Crippen LogP contribution in [-0.4, -0.2) is 28.5 Å². The van der Waals surface area contributed by atoms with E-state index >= 15 is 0 Å². The van der Waals surface area contributed by atoms with E-state index in [1.54, 1.807) is 6.07 Å². The van der Waals surface area contributed by atoms with Crippen LogP contribution in [0.25, 0.3) is 11.4 Å². The van der Waals surface area contributed by atoms with Crippen LogP contribution in [0.2, 0.25) is 0 Å².